The summed E-state index contributed by atoms with van der Waals surface area (Å²) in [6.07, 6.45) is 5.27. The van der Waals surface area contributed by atoms with Gasteiger partial charge in [0.05, 0.1) is 11.1 Å². The first kappa shape index (κ1) is 22.0. The van der Waals surface area contributed by atoms with Gasteiger partial charge < -0.3 is 10.1 Å². The monoisotopic (exact) mass is 454 g/mol. The molecule has 2 N–H and O–H groups in total. The van der Waals surface area contributed by atoms with Crippen molar-refractivity contribution in [1.82, 2.24) is 20.4 Å². The number of fused-ring (bicyclic) bond motifs is 1. The van der Waals surface area contributed by atoms with Gasteiger partial charge in [0, 0.05) is 13.0 Å². The minimum absolute atomic E-state index is 0.104. The fourth-order valence-corrected chi connectivity index (χ4v) is 5.54. The molecule has 4 amide bonds. The number of nitrogens with one attached hydrogen (secondary N) is 2. The predicted molar refractivity (Wildman–Crippen MR) is 119 cm³/mol. The Bertz CT molecular complexity index is 977. The Labute approximate surface area is 192 Å². The smallest absolute Gasteiger partial charge is 0.262 e. The summed E-state index contributed by atoms with van der Waals surface area (Å²) in [6.45, 7) is 5.75. The molecule has 33 heavy (non-hydrogen) atoms. The van der Waals surface area contributed by atoms with Crippen molar-refractivity contribution in [1.29, 1.82) is 0 Å². The maximum absolute atomic E-state index is 12.9. The molecule has 0 saturated carbocycles. The normalized spacial score (nSPS) is 25.3. The van der Waals surface area contributed by atoms with Crippen LogP contribution >= 0.6 is 0 Å². The number of ether oxygens (including phenoxy) is 1. The zero-order valence-electron chi connectivity index (χ0n) is 18.7. The first-order valence-electron chi connectivity index (χ1n) is 11.9. The van der Waals surface area contributed by atoms with Crippen LogP contribution in [-0.4, -0.2) is 78.8 Å². The molecule has 1 aromatic carbocycles. The van der Waals surface area contributed by atoms with E-state index in [9.17, 15) is 19.2 Å². The van der Waals surface area contributed by atoms with Gasteiger partial charge in [-0.15, -0.1) is 0 Å². The van der Waals surface area contributed by atoms with Gasteiger partial charge in [0.25, 0.3) is 11.8 Å². The number of amides is 4. The minimum atomic E-state index is -0.957. The third-order valence-electron chi connectivity index (χ3n) is 7.67. The average Bonchev–Trinajstić information content (AvgIpc) is 3.06. The Kier molecular flexibility index (Phi) is 5.92. The van der Waals surface area contributed by atoms with Crippen molar-refractivity contribution in [3.63, 3.8) is 0 Å². The summed E-state index contributed by atoms with van der Waals surface area (Å²) < 4.78 is 5.91. The highest BCUT2D eigenvalue weighted by Crippen LogP contribution is 2.39. The van der Waals surface area contributed by atoms with Crippen molar-refractivity contribution in [2.24, 2.45) is 5.41 Å². The van der Waals surface area contributed by atoms with E-state index in [-0.39, 0.29) is 29.9 Å². The fourth-order valence-electron chi connectivity index (χ4n) is 5.54. The average molecular weight is 455 g/mol. The second kappa shape index (κ2) is 8.87. The molecule has 0 radical (unpaired) electrons. The van der Waals surface area contributed by atoms with Gasteiger partial charge in [-0.05, 0) is 81.9 Å². The second-order valence-electron chi connectivity index (χ2n) is 9.59. The van der Waals surface area contributed by atoms with Gasteiger partial charge in [-0.25, -0.2) is 0 Å². The zero-order valence-corrected chi connectivity index (χ0v) is 18.7. The van der Waals surface area contributed by atoms with E-state index >= 15 is 0 Å². The van der Waals surface area contributed by atoms with Crippen LogP contribution in [0.25, 0.3) is 0 Å². The lowest BCUT2D eigenvalue weighted by Gasteiger charge is -2.44. The number of nitrogens with zero attached hydrogens (tertiary/aromatic N) is 2. The van der Waals surface area contributed by atoms with E-state index in [4.69, 9.17) is 4.74 Å². The van der Waals surface area contributed by atoms with Gasteiger partial charge in [0.1, 0.15) is 18.4 Å². The molecule has 0 aromatic heterocycles. The van der Waals surface area contributed by atoms with Crippen molar-refractivity contribution in [2.45, 2.75) is 44.6 Å². The van der Waals surface area contributed by atoms with Crippen LogP contribution in [0.4, 0.5) is 0 Å². The molecule has 1 spiro atoms. The molecule has 9 nitrogen and oxygen atoms in total. The minimum Gasteiger partial charge on any atom is -0.492 e. The van der Waals surface area contributed by atoms with Gasteiger partial charge in [-0.3, -0.25) is 34.3 Å². The van der Waals surface area contributed by atoms with E-state index in [1.54, 1.807) is 18.2 Å². The van der Waals surface area contributed by atoms with Crippen LogP contribution in [0.5, 0.6) is 5.75 Å². The zero-order chi connectivity index (χ0) is 23.0. The molecule has 0 aliphatic carbocycles. The number of carbonyl (C=O) groups is 4. The maximum Gasteiger partial charge on any atom is 0.262 e. The van der Waals surface area contributed by atoms with Gasteiger partial charge in [-0.1, -0.05) is 0 Å². The summed E-state index contributed by atoms with van der Waals surface area (Å²) >= 11 is 0. The van der Waals surface area contributed by atoms with Gasteiger partial charge in [0.2, 0.25) is 11.8 Å². The molecular formula is C24H30N4O5. The van der Waals surface area contributed by atoms with Crippen LogP contribution in [0.15, 0.2) is 18.2 Å². The number of piperidine rings is 3. The van der Waals surface area contributed by atoms with Gasteiger partial charge >= 0.3 is 0 Å². The van der Waals surface area contributed by atoms with Crippen LogP contribution in [0.1, 0.15) is 59.2 Å². The Balaban J connectivity index is 1.16. The number of hydrogen-bond donors (Lipinski definition) is 2. The number of likely N-dealkylation sites (tertiary alicyclic amines) is 1. The Morgan fingerprint density at radius 3 is 2.42 bits per heavy atom. The van der Waals surface area contributed by atoms with E-state index < -0.39 is 23.8 Å². The fraction of sp³-hybridized carbons (Fsp3) is 0.583. The largest absolute Gasteiger partial charge is 0.492 e. The summed E-state index contributed by atoms with van der Waals surface area (Å²) in [5, 5.41) is 5.66. The molecule has 1 unspecified atom stereocenters. The molecule has 4 heterocycles. The quantitative estimate of drug-likeness (QED) is 0.638. The van der Waals surface area contributed by atoms with Crippen molar-refractivity contribution >= 4 is 23.6 Å². The Hall–Kier alpha value is -2.78. The molecule has 4 aliphatic heterocycles. The highest BCUT2D eigenvalue weighted by atomic mass is 16.5. The third-order valence-corrected chi connectivity index (χ3v) is 7.67. The van der Waals surface area contributed by atoms with E-state index in [0.29, 0.717) is 17.8 Å². The lowest BCUT2D eigenvalue weighted by atomic mass is 9.71. The summed E-state index contributed by atoms with van der Waals surface area (Å²) in [6, 6.07) is 3.90. The van der Waals surface area contributed by atoms with E-state index in [2.05, 4.69) is 15.5 Å². The summed E-state index contributed by atoms with van der Waals surface area (Å²) in [5.41, 5.74) is 1.03. The summed E-state index contributed by atoms with van der Waals surface area (Å²) in [4.78, 5) is 52.7. The van der Waals surface area contributed by atoms with E-state index in [1.807, 2.05) is 0 Å². The molecule has 3 fully saturated rings. The Morgan fingerprint density at radius 2 is 1.70 bits per heavy atom. The third kappa shape index (κ3) is 4.27. The molecular weight excluding hydrogens is 424 g/mol. The standard InChI is InChI=1S/C24H30N4O5/c29-20-4-3-19(21(30)26-20)28-22(31)17-2-1-16(15-18(17)23(28)32)33-14-13-27-11-7-24(8-12-27)5-9-25-10-6-24/h1-2,15,19,25H,3-14H2,(H,26,29,30). The van der Waals surface area contributed by atoms with Crippen LogP contribution < -0.4 is 15.4 Å². The number of carbonyl (C=O) groups excluding carboxylic acids is 4. The maximum atomic E-state index is 12.9. The molecule has 1 atom stereocenters. The van der Waals surface area contributed by atoms with Gasteiger partial charge in [-0.2, -0.15) is 0 Å². The van der Waals surface area contributed by atoms with Crippen LogP contribution in [-0.2, 0) is 9.59 Å². The van der Waals surface area contributed by atoms with E-state index in [1.165, 1.54) is 25.7 Å². The number of rotatable bonds is 5. The SMILES string of the molecule is O=C1CCC(N2C(=O)c3ccc(OCCN4CCC5(CCNCC5)CC4)cc3C2=O)C(=O)N1. The van der Waals surface area contributed by atoms with Crippen LogP contribution in [0.3, 0.4) is 0 Å². The predicted octanol–water partition coefficient (Wildman–Crippen LogP) is 0.932. The van der Waals surface area contributed by atoms with Crippen molar-refractivity contribution in [3.05, 3.63) is 29.3 Å². The highest BCUT2D eigenvalue weighted by molar-refractivity contribution is 6.23. The first-order valence-corrected chi connectivity index (χ1v) is 11.9. The molecule has 1 aromatic rings. The topological polar surface area (TPSA) is 108 Å². The van der Waals surface area contributed by atoms with Gasteiger partial charge in [0.15, 0.2) is 0 Å². The van der Waals surface area contributed by atoms with Crippen molar-refractivity contribution < 1.29 is 23.9 Å². The number of benzene rings is 1. The van der Waals surface area contributed by atoms with Crippen molar-refractivity contribution in [2.75, 3.05) is 39.3 Å². The lowest BCUT2D eigenvalue weighted by molar-refractivity contribution is -0.136. The second-order valence-corrected chi connectivity index (χ2v) is 9.59. The Morgan fingerprint density at radius 1 is 0.970 bits per heavy atom. The molecule has 5 rings (SSSR count). The molecule has 4 aliphatic rings. The van der Waals surface area contributed by atoms with Crippen LogP contribution in [0, 0.1) is 5.41 Å². The summed E-state index contributed by atoms with van der Waals surface area (Å²) in [5.74, 6) is -1.48. The number of imide groups is 2. The van der Waals surface area contributed by atoms with E-state index in [0.717, 1.165) is 37.6 Å². The molecule has 0 bridgehead atoms. The lowest BCUT2D eigenvalue weighted by Crippen LogP contribution is -2.54. The first-order chi connectivity index (χ1) is 16.0. The molecule has 3 saturated heterocycles. The van der Waals surface area contributed by atoms with Crippen molar-refractivity contribution in [3.8, 4) is 5.75 Å². The number of hydrogen-bond acceptors (Lipinski definition) is 7. The molecule has 176 valence electrons. The summed E-state index contributed by atoms with van der Waals surface area (Å²) in [7, 11) is 0. The van der Waals surface area contributed by atoms with Crippen LogP contribution in [0.2, 0.25) is 0 Å². The highest BCUT2D eigenvalue weighted by Gasteiger charge is 2.44. The molecule has 9 heteroatoms.